The molecule has 0 radical (unpaired) electrons. The van der Waals surface area contributed by atoms with Crippen molar-refractivity contribution in [1.82, 2.24) is 10.3 Å². The number of nitrogens with zero attached hydrogens (tertiary/aromatic N) is 1. The fourth-order valence-electron chi connectivity index (χ4n) is 2.90. The molecule has 1 saturated carbocycles. The van der Waals surface area contributed by atoms with Gasteiger partial charge in [-0.05, 0) is 32.1 Å². The summed E-state index contributed by atoms with van der Waals surface area (Å²) in [5.74, 6) is 0.905. The largest absolute Gasteiger partial charge is 0.309 e. The van der Waals surface area contributed by atoms with E-state index in [1.54, 1.807) is 0 Å². The second-order valence-electron chi connectivity index (χ2n) is 5.14. The Labute approximate surface area is 109 Å². The van der Waals surface area contributed by atoms with E-state index in [1.165, 1.54) is 48.4 Å². The van der Waals surface area contributed by atoms with Gasteiger partial charge in [-0.1, -0.05) is 26.2 Å². The van der Waals surface area contributed by atoms with Crippen LogP contribution in [0.3, 0.4) is 0 Å². The van der Waals surface area contributed by atoms with Gasteiger partial charge in [0.1, 0.15) is 0 Å². The van der Waals surface area contributed by atoms with Crippen molar-refractivity contribution in [1.29, 1.82) is 0 Å². The van der Waals surface area contributed by atoms with Crippen LogP contribution < -0.4 is 5.32 Å². The second kappa shape index (κ2) is 6.50. The van der Waals surface area contributed by atoms with E-state index in [4.69, 9.17) is 0 Å². The molecule has 1 aromatic rings. The van der Waals surface area contributed by atoms with E-state index >= 15 is 0 Å². The van der Waals surface area contributed by atoms with Crippen LogP contribution in [0.1, 0.15) is 55.3 Å². The normalized spacial score (nSPS) is 19.4. The van der Waals surface area contributed by atoms with Gasteiger partial charge in [-0.25, -0.2) is 4.98 Å². The van der Waals surface area contributed by atoms with E-state index in [-0.39, 0.29) is 0 Å². The maximum absolute atomic E-state index is 4.31. The zero-order chi connectivity index (χ0) is 12.1. The van der Waals surface area contributed by atoms with Crippen molar-refractivity contribution < 1.29 is 0 Å². The number of aromatic nitrogens is 1. The predicted octanol–water partition coefficient (Wildman–Crippen LogP) is 3.90. The van der Waals surface area contributed by atoms with Crippen molar-refractivity contribution in [3.63, 3.8) is 0 Å². The van der Waals surface area contributed by atoms with Gasteiger partial charge < -0.3 is 5.32 Å². The highest BCUT2D eigenvalue weighted by Gasteiger charge is 2.21. The third kappa shape index (κ3) is 3.78. The van der Waals surface area contributed by atoms with Crippen molar-refractivity contribution in [3.8, 4) is 0 Å². The Bertz CT molecular complexity index is 329. The van der Waals surface area contributed by atoms with Crippen LogP contribution in [0.4, 0.5) is 0 Å². The summed E-state index contributed by atoms with van der Waals surface area (Å²) in [5, 5.41) is 4.91. The minimum atomic E-state index is 0.706. The van der Waals surface area contributed by atoms with Crippen LogP contribution in [0.25, 0.3) is 0 Å². The Kier molecular flexibility index (Phi) is 4.99. The number of hydrogen-bond donors (Lipinski definition) is 1. The molecule has 0 bridgehead atoms. The van der Waals surface area contributed by atoms with Gasteiger partial charge >= 0.3 is 0 Å². The molecule has 0 aliphatic heterocycles. The van der Waals surface area contributed by atoms with Gasteiger partial charge in [0.25, 0.3) is 0 Å². The standard InChI is InChI=1S/C14H24N2S/c1-3-14(12-7-5-4-6-8-12)16-10-13-9-15-11(2)17-13/h9,12,14,16H,3-8,10H2,1-2H3. The first-order chi connectivity index (χ1) is 8.29. The van der Waals surface area contributed by atoms with Crippen molar-refractivity contribution in [2.75, 3.05) is 0 Å². The van der Waals surface area contributed by atoms with E-state index in [0.717, 1.165) is 12.5 Å². The third-order valence-electron chi connectivity index (χ3n) is 3.87. The molecule has 0 saturated heterocycles. The van der Waals surface area contributed by atoms with Crippen LogP contribution in [0, 0.1) is 12.8 Å². The summed E-state index contributed by atoms with van der Waals surface area (Å²) in [7, 11) is 0. The Morgan fingerprint density at radius 2 is 2.18 bits per heavy atom. The highest BCUT2D eigenvalue weighted by Crippen LogP contribution is 2.28. The fraction of sp³-hybridized carbons (Fsp3) is 0.786. The predicted molar refractivity (Wildman–Crippen MR) is 74.3 cm³/mol. The van der Waals surface area contributed by atoms with Gasteiger partial charge in [-0.2, -0.15) is 0 Å². The van der Waals surface area contributed by atoms with Crippen molar-refractivity contribution in [2.24, 2.45) is 5.92 Å². The van der Waals surface area contributed by atoms with Crippen LogP contribution in [0.5, 0.6) is 0 Å². The first kappa shape index (κ1) is 13.0. The molecule has 0 spiro atoms. The summed E-state index contributed by atoms with van der Waals surface area (Å²) in [5.41, 5.74) is 0. The van der Waals surface area contributed by atoms with E-state index in [0.29, 0.717) is 6.04 Å². The molecule has 2 nitrogen and oxygen atoms in total. The zero-order valence-corrected chi connectivity index (χ0v) is 11.9. The SMILES string of the molecule is CCC(NCc1cnc(C)s1)C1CCCCC1. The van der Waals surface area contributed by atoms with Crippen LogP contribution >= 0.6 is 11.3 Å². The number of rotatable bonds is 5. The lowest BCUT2D eigenvalue weighted by Crippen LogP contribution is -2.36. The maximum atomic E-state index is 4.31. The monoisotopic (exact) mass is 252 g/mol. The highest BCUT2D eigenvalue weighted by atomic mass is 32.1. The molecule has 1 heterocycles. The van der Waals surface area contributed by atoms with E-state index in [1.807, 2.05) is 17.5 Å². The lowest BCUT2D eigenvalue weighted by atomic mass is 9.83. The third-order valence-corrected chi connectivity index (χ3v) is 4.78. The lowest BCUT2D eigenvalue weighted by molar-refractivity contribution is 0.262. The molecule has 0 amide bonds. The maximum Gasteiger partial charge on any atom is 0.0897 e. The molecule has 17 heavy (non-hydrogen) atoms. The summed E-state index contributed by atoms with van der Waals surface area (Å²) in [6.07, 6.45) is 10.4. The van der Waals surface area contributed by atoms with Gasteiger partial charge in [0.05, 0.1) is 5.01 Å². The average Bonchev–Trinajstić information content (AvgIpc) is 2.77. The van der Waals surface area contributed by atoms with Gasteiger partial charge in [0.2, 0.25) is 0 Å². The summed E-state index contributed by atoms with van der Waals surface area (Å²) >= 11 is 1.81. The summed E-state index contributed by atoms with van der Waals surface area (Å²) in [6.45, 7) is 5.39. The number of nitrogens with one attached hydrogen (secondary N) is 1. The minimum Gasteiger partial charge on any atom is -0.309 e. The fourth-order valence-corrected chi connectivity index (χ4v) is 3.65. The van der Waals surface area contributed by atoms with Crippen molar-refractivity contribution >= 4 is 11.3 Å². The van der Waals surface area contributed by atoms with Gasteiger partial charge in [-0.3, -0.25) is 0 Å². The molecule has 1 aliphatic carbocycles. The highest BCUT2D eigenvalue weighted by molar-refractivity contribution is 7.11. The summed E-state index contributed by atoms with van der Waals surface area (Å²) < 4.78 is 0. The molecule has 0 aromatic carbocycles. The Morgan fingerprint density at radius 1 is 1.41 bits per heavy atom. The topological polar surface area (TPSA) is 24.9 Å². The minimum absolute atomic E-state index is 0.706. The Morgan fingerprint density at radius 3 is 2.76 bits per heavy atom. The first-order valence-corrected chi connectivity index (χ1v) is 7.76. The van der Waals surface area contributed by atoms with Gasteiger partial charge in [0, 0.05) is 23.7 Å². The Balaban J connectivity index is 1.82. The van der Waals surface area contributed by atoms with Crippen LogP contribution in [-0.4, -0.2) is 11.0 Å². The van der Waals surface area contributed by atoms with Crippen molar-refractivity contribution in [3.05, 3.63) is 16.1 Å². The molecule has 3 heteroatoms. The average molecular weight is 252 g/mol. The molecule has 1 unspecified atom stereocenters. The van der Waals surface area contributed by atoms with E-state index < -0.39 is 0 Å². The van der Waals surface area contributed by atoms with E-state index in [9.17, 15) is 0 Å². The molecule has 96 valence electrons. The smallest absolute Gasteiger partial charge is 0.0897 e. The van der Waals surface area contributed by atoms with Crippen LogP contribution in [-0.2, 0) is 6.54 Å². The van der Waals surface area contributed by atoms with Crippen LogP contribution in [0.2, 0.25) is 0 Å². The quantitative estimate of drug-likeness (QED) is 0.859. The summed E-state index contributed by atoms with van der Waals surface area (Å²) in [6, 6.07) is 0.706. The molecular formula is C14H24N2S. The number of hydrogen-bond acceptors (Lipinski definition) is 3. The lowest BCUT2D eigenvalue weighted by Gasteiger charge is -2.30. The molecule has 1 aliphatic rings. The Hall–Kier alpha value is -0.410. The zero-order valence-electron chi connectivity index (χ0n) is 11.0. The second-order valence-corrected chi connectivity index (χ2v) is 6.46. The number of aryl methyl sites for hydroxylation is 1. The molecule has 2 rings (SSSR count). The molecule has 1 N–H and O–H groups in total. The first-order valence-electron chi connectivity index (χ1n) is 6.94. The van der Waals surface area contributed by atoms with E-state index in [2.05, 4.69) is 24.1 Å². The molecule has 1 atom stereocenters. The van der Waals surface area contributed by atoms with Crippen molar-refractivity contribution in [2.45, 2.75) is 65.0 Å². The molecule has 1 fully saturated rings. The van der Waals surface area contributed by atoms with Gasteiger partial charge in [-0.15, -0.1) is 11.3 Å². The summed E-state index contributed by atoms with van der Waals surface area (Å²) in [4.78, 5) is 5.68. The molecule has 1 aromatic heterocycles. The number of thiazole rings is 1. The van der Waals surface area contributed by atoms with Gasteiger partial charge in [0.15, 0.2) is 0 Å². The molecular weight excluding hydrogens is 228 g/mol. The van der Waals surface area contributed by atoms with Crippen LogP contribution in [0.15, 0.2) is 6.20 Å².